The number of alkyl halides is 3. The van der Waals surface area contributed by atoms with E-state index in [4.69, 9.17) is 16.7 Å². The molecule has 2 N–H and O–H groups in total. The molecule has 2 aromatic carbocycles. The second kappa shape index (κ2) is 12.3. The molecule has 0 radical (unpaired) electrons. The Hall–Kier alpha value is -3.33. The third-order valence-electron chi connectivity index (χ3n) is 7.81. The number of carbonyl (C=O) groups is 1. The van der Waals surface area contributed by atoms with Crippen LogP contribution in [0, 0.1) is 0 Å². The van der Waals surface area contributed by atoms with Crippen molar-refractivity contribution >= 4 is 39.1 Å². The highest BCUT2D eigenvalue weighted by atomic mass is 35.5. The highest BCUT2D eigenvalue weighted by molar-refractivity contribution is 7.88. The van der Waals surface area contributed by atoms with Crippen molar-refractivity contribution in [2.75, 3.05) is 55.7 Å². The summed E-state index contributed by atoms with van der Waals surface area (Å²) in [7, 11) is -3.46. The lowest BCUT2D eigenvalue weighted by atomic mass is 10.0. The summed E-state index contributed by atoms with van der Waals surface area (Å²) in [6.45, 7) is 4.59. The molecule has 3 heterocycles. The number of carboxylic acid groups (broad SMARTS) is 1. The minimum atomic E-state index is -4.46. The lowest BCUT2D eigenvalue weighted by Gasteiger charge is -2.37. The van der Waals surface area contributed by atoms with Crippen molar-refractivity contribution in [2.24, 2.45) is 0 Å². The minimum absolute atomic E-state index is 0.118. The van der Waals surface area contributed by atoms with Crippen molar-refractivity contribution in [3.8, 4) is 11.3 Å². The van der Waals surface area contributed by atoms with Gasteiger partial charge in [0.15, 0.2) is 0 Å². The minimum Gasteiger partial charge on any atom is -0.465 e. The second-order valence-electron chi connectivity index (χ2n) is 10.7. The number of halogens is 4. The van der Waals surface area contributed by atoms with Gasteiger partial charge in [0.25, 0.3) is 0 Å². The van der Waals surface area contributed by atoms with Gasteiger partial charge in [-0.3, -0.25) is 14.9 Å². The van der Waals surface area contributed by atoms with E-state index >= 15 is 0 Å². The molecule has 1 fully saturated rings. The van der Waals surface area contributed by atoms with E-state index in [0.717, 1.165) is 55.7 Å². The van der Waals surface area contributed by atoms with Crippen molar-refractivity contribution in [2.45, 2.75) is 32.1 Å². The van der Waals surface area contributed by atoms with Gasteiger partial charge in [-0.1, -0.05) is 29.8 Å². The van der Waals surface area contributed by atoms with Gasteiger partial charge in [-0.2, -0.15) is 22.6 Å². The van der Waals surface area contributed by atoms with Gasteiger partial charge in [0, 0.05) is 75.6 Å². The van der Waals surface area contributed by atoms with E-state index in [1.54, 1.807) is 18.2 Å². The number of benzene rings is 2. The van der Waals surface area contributed by atoms with Crippen LogP contribution in [0.2, 0.25) is 5.02 Å². The Morgan fingerprint density at radius 3 is 2.37 bits per heavy atom. The summed E-state index contributed by atoms with van der Waals surface area (Å²) in [5, 5.41) is 16.8. The van der Waals surface area contributed by atoms with Crippen LogP contribution in [0.4, 0.5) is 29.3 Å². The van der Waals surface area contributed by atoms with Crippen LogP contribution < -0.4 is 10.2 Å². The van der Waals surface area contributed by atoms with E-state index in [2.05, 4.69) is 15.1 Å². The van der Waals surface area contributed by atoms with Crippen molar-refractivity contribution in [3.63, 3.8) is 0 Å². The van der Waals surface area contributed by atoms with Crippen molar-refractivity contribution in [3.05, 3.63) is 64.3 Å². The second-order valence-corrected chi connectivity index (χ2v) is 13.1. The monoisotopic (exact) mass is 640 g/mol. The van der Waals surface area contributed by atoms with E-state index in [1.165, 1.54) is 16.4 Å². The van der Waals surface area contributed by atoms with Crippen LogP contribution >= 0.6 is 11.6 Å². The molecule has 43 heavy (non-hydrogen) atoms. The maximum absolute atomic E-state index is 13.1. The van der Waals surface area contributed by atoms with Gasteiger partial charge in [-0.05, 0) is 30.7 Å². The predicted molar refractivity (Wildman–Crippen MR) is 158 cm³/mol. The molecular weight excluding hydrogens is 609 g/mol. The summed E-state index contributed by atoms with van der Waals surface area (Å²) in [6.07, 6.45) is -3.25. The quantitative estimate of drug-likeness (QED) is 0.363. The normalized spacial score (nSPS) is 16.7. The third-order valence-corrected chi connectivity index (χ3v) is 9.37. The van der Waals surface area contributed by atoms with Gasteiger partial charge in [0.05, 0.1) is 33.9 Å². The number of aryl methyl sites for hydroxylation is 1. The van der Waals surface area contributed by atoms with Crippen LogP contribution in [0.25, 0.3) is 11.3 Å². The molecule has 2 aliphatic heterocycles. The number of amides is 1. The van der Waals surface area contributed by atoms with Crippen LogP contribution in [-0.4, -0.2) is 84.1 Å². The fraction of sp³-hybridized carbons (Fsp3) is 0.429. The highest BCUT2D eigenvalue weighted by Gasteiger charge is 2.32. The summed E-state index contributed by atoms with van der Waals surface area (Å²) in [5.41, 5.74) is 2.96. The Kier molecular flexibility index (Phi) is 8.93. The maximum Gasteiger partial charge on any atom is 0.416 e. The number of fused-ring (bicyclic) bond motifs is 1. The Labute approximate surface area is 252 Å². The first-order valence-corrected chi connectivity index (χ1v) is 16.0. The number of sulfonamides is 1. The molecule has 15 heteroatoms. The molecule has 0 spiro atoms. The summed E-state index contributed by atoms with van der Waals surface area (Å²) in [4.78, 5) is 15.6. The van der Waals surface area contributed by atoms with Crippen LogP contribution in [0.15, 0.2) is 42.5 Å². The fourth-order valence-corrected chi connectivity index (χ4v) is 6.76. The van der Waals surface area contributed by atoms with Gasteiger partial charge in [0.2, 0.25) is 10.0 Å². The van der Waals surface area contributed by atoms with Gasteiger partial charge < -0.3 is 10.0 Å². The first kappa shape index (κ1) is 31.1. The van der Waals surface area contributed by atoms with Crippen LogP contribution in [0.1, 0.15) is 23.2 Å². The molecular formula is C28H32ClF3N6O4S. The zero-order valence-electron chi connectivity index (χ0n) is 23.4. The Morgan fingerprint density at radius 1 is 1.05 bits per heavy atom. The zero-order valence-corrected chi connectivity index (χ0v) is 25.0. The molecule has 3 aromatic rings. The van der Waals surface area contributed by atoms with Crippen molar-refractivity contribution in [1.82, 2.24) is 19.0 Å². The Balaban J connectivity index is 1.27. The number of anilines is 2. The molecule has 1 saturated heterocycles. The zero-order chi connectivity index (χ0) is 30.9. The molecule has 1 amide bonds. The average molecular weight is 641 g/mol. The van der Waals surface area contributed by atoms with Gasteiger partial charge in [-0.15, -0.1) is 0 Å². The number of piperazine rings is 1. The largest absolute Gasteiger partial charge is 0.465 e. The number of rotatable bonds is 8. The average Bonchev–Trinajstić information content (AvgIpc) is 3.30. The Bertz CT molecular complexity index is 1590. The number of nitrogens with one attached hydrogen (secondary N) is 1. The predicted octanol–water partition coefficient (Wildman–Crippen LogP) is 4.84. The van der Waals surface area contributed by atoms with Gasteiger partial charge in [-0.25, -0.2) is 13.2 Å². The van der Waals surface area contributed by atoms with Crippen molar-refractivity contribution < 1.29 is 31.5 Å². The SMILES string of the molecule is CS(=O)(=O)N1CCc2c(c(-c3ccc(C(F)(F)F)cc3)nn2CCCN2CCN(c3c(Cl)cccc3NC(=O)O)CC2)C1. The van der Waals surface area contributed by atoms with E-state index < -0.39 is 27.9 Å². The lowest BCUT2D eigenvalue weighted by Crippen LogP contribution is -2.47. The van der Waals surface area contributed by atoms with Crippen molar-refractivity contribution in [1.29, 1.82) is 0 Å². The molecule has 0 bridgehead atoms. The van der Waals surface area contributed by atoms with E-state index in [-0.39, 0.29) is 6.54 Å². The smallest absolute Gasteiger partial charge is 0.416 e. The standard InChI is InChI=1S/C28H32ClF3N6O4S/c1-43(41,42)37-13-10-24-21(18-37)25(19-6-8-20(9-7-19)28(30,31)32)34-38(24)12-3-11-35-14-16-36(17-15-35)26-22(29)4-2-5-23(26)33-27(39)40/h2,4-9,33H,3,10-18H2,1H3,(H,39,40). The van der Waals surface area contributed by atoms with Crippen LogP contribution in [0.5, 0.6) is 0 Å². The highest BCUT2D eigenvalue weighted by Crippen LogP contribution is 2.36. The number of para-hydroxylation sites is 1. The summed E-state index contributed by atoms with van der Waals surface area (Å²) < 4.78 is 67.2. The lowest BCUT2D eigenvalue weighted by molar-refractivity contribution is -0.137. The molecule has 10 nitrogen and oxygen atoms in total. The van der Waals surface area contributed by atoms with Gasteiger partial charge >= 0.3 is 12.3 Å². The number of nitrogens with zero attached hydrogens (tertiary/aromatic N) is 5. The molecule has 0 aliphatic carbocycles. The third kappa shape index (κ3) is 7.08. The summed E-state index contributed by atoms with van der Waals surface area (Å²) in [5.74, 6) is 0. The van der Waals surface area contributed by atoms with Gasteiger partial charge in [0.1, 0.15) is 0 Å². The molecule has 1 aromatic heterocycles. The molecule has 0 unspecified atom stereocenters. The molecule has 232 valence electrons. The number of hydrogen-bond acceptors (Lipinski definition) is 6. The van der Waals surface area contributed by atoms with E-state index in [9.17, 15) is 31.5 Å². The molecule has 0 atom stereocenters. The van der Waals surface area contributed by atoms with Crippen LogP contribution in [0.3, 0.4) is 0 Å². The molecule has 2 aliphatic rings. The van der Waals surface area contributed by atoms with E-state index in [1.807, 2.05) is 4.68 Å². The first-order chi connectivity index (χ1) is 20.3. The maximum atomic E-state index is 13.1. The number of hydrogen-bond donors (Lipinski definition) is 2. The summed E-state index contributed by atoms with van der Waals surface area (Å²) >= 11 is 6.42. The topological polar surface area (TPSA) is 111 Å². The molecule has 5 rings (SSSR count). The van der Waals surface area contributed by atoms with E-state index in [0.29, 0.717) is 60.3 Å². The number of aromatic nitrogens is 2. The fourth-order valence-electron chi connectivity index (χ4n) is 5.68. The summed E-state index contributed by atoms with van der Waals surface area (Å²) in [6, 6.07) is 9.90. The molecule has 0 saturated carbocycles. The van der Waals surface area contributed by atoms with Crippen LogP contribution in [-0.2, 0) is 35.7 Å². The first-order valence-electron chi connectivity index (χ1n) is 13.8. The Morgan fingerprint density at radius 2 is 1.74 bits per heavy atom.